The third kappa shape index (κ3) is 2.30. The van der Waals surface area contributed by atoms with E-state index in [4.69, 9.17) is 10.5 Å². The largest absolute Gasteiger partial charge is 0.382 e. The molecule has 1 aliphatic rings. The van der Waals surface area contributed by atoms with E-state index < -0.39 is 0 Å². The zero-order valence-corrected chi connectivity index (χ0v) is 7.81. The Morgan fingerprint density at radius 3 is 2.86 bits per heavy atom. The molecule has 2 heterocycles. The Bertz CT molecular complexity index is 300. The van der Waals surface area contributed by atoms with Gasteiger partial charge in [0.15, 0.2) is 5.82 Å². The predicted octanol–water partition coefficient (Wildman–Crippen LogP) is -0.282. The lowest BCUT2D eigenvalue weighted by atomic mass is 10.5. The van der Waals surface area contributed by atoms with Crippen molar-refractivity contribution in [3.05, 3.63) is 12.4 Å². The van der Waals surface area contributed by atoms with Crippen molar-refractivity contribution in [2.75, 3.05) is 37.5 Å². The highest BCUT2D eigenvalue weighted by atomic mass is 16.5. The third-order valence-corrected chi connectivity index (χ3v) is 1.94. The van der Waals surface area contributed by atoms with Crippen molar-refractivity contribution < 1.29 is 4.74 Å². The molecule has 76 valence electrons. The maximum atomic E-state index is 5.51. The summed E-state index contributed by atoms with van der Waals surface area (Å²) < 4.78 is 5.22. The molecule has 0 aliphatic carbocycles. The van der Waals surface area contributed by atoms with Crippen molar-refractivity contribution in [1.82, 2.24) is 15.0 Å². The number of nitrogen functional groups attached to an aromatic ring is 1. The van der Waals surface area contributed by atoms with Crippen LogP contribution in [0.4, 0.5) is 11.6 Å². The number of hydrogen-bond donors (Lipinski definition) is 2. The minimum Gasteiger partial charge on any atom is -0.382 e. The predicted molar refractivity (Wildman–Crippen MR) is 52.5 cm³/mol. The molecular weight excluding hydrogens is 182 g/mol. The number of nitrogens with one attached hydrogen (secondary N) is 1. The second-order valence-corrected chi connectivity index (χ2v) is 3.04. The van der Waals surface area contributed by atoms with Gasteiger partial charge in [-0.05, 0) is 0 Å². The number of morpholine rings is 1. The minimum atomic E-state index is 0.420. The van der Waals surface area contributed by atoms with E-state index in [1.165, 1.54) is 6.20 Å². The van der Waals surface area contributed by atoms with E-state index in [9.17, 15) is 0 Å². The number of ether oxygens (including phenoxy) is 1. The van der Waals surface area contributed by atoms with Crippen LogP contribution in [0.25, 0.3) is 0 Å². The summed E-state index contributed by atoms with van der Waals surface area (Å²) in [4.78, 5) is 8.03. The van der Waals surface area contributed by atoms with Crippen LogP contribution in [0, 0.1) is 0 Å². The van der Waals surface area contributed by atoms with Crippen LogP contribution in [0.3, 0.4) is 0 Å². The molecule has 6 heteroatoms. The Morgan fingerprint density at radius 1 is 1.36 bits per heavy atom. The van der Waals surface area contributed by atoms with E-state index in [1.54, 1.807) is 6.20 Å². The number of anilines is 2. The summed E-state index contributed by atoms with van der Waals surface area (Å²) in [5.74, 6) is 1.09. The van der Waals surface area contributed by atoms with Gasteiger partial charge in [0.05, 0.1) is 25.6 Å². The van der Waals surface area contributed by atoms with Crippen LogP contribution >= 0.6 is 0 Å². The first-order chi connectivity index (χ1) is 6.84. The van der Waals surface area contributed by atoms with E-state index in [-0.39, 0.29) is 0 Å². The van der Waals surface area contributed by atoms with E-state index in [1.807, 2.05) is 5.01 Å². The summed E-state index contributed by atoms with van der Waals surface area (Å²) in [5, 5.41) is 2.03. The highest BCUT2D eigenvalue weighted by molar-refractivity contribution is 5.37. The average molecular weight is 195 g/mol. The molecule has 0 unspecified atom stereocenters. The van der Waals surface area contributed by atoms with Gasteiger partial charge in [-0.15, -0.1) is 0 Å². The Labute approximate surface area is 82.1 Å². The topological polar surface area (TPSA) is 76.3 Å². The van der Waals surface area contributed by atoms with Gasteiger partial charge in [0.2, 0.25) is 0 Å². The number of rotatable bonds is 2. The maximum absolute atomic E-state index is 5.51. The standard InChI is InChI=1S/C8H13N5O/c9-7-5-10-6-8(11-7)12-13-1-3-14-4-2-13/h5-6H,1-4H2,(H3,9,11,12). The lowest BCUT2D eigenvalue weighted by molar-refractivity contribution is 0.0495. The number of hydrogen-bond acceptors (Lipinski definition) is 6. The first-order valence-corrected chi connectivity index (χ1v) is 4.51. The Balaban J connectivity index is 1.95. The van der Waals surface area contributed by atoms with Crippen molar-refractivity contribution in [3.63, 3.8) is 0 Å². The molecule has 3 N–H and O–H groups in total. The second kappa shape index (κ2) is 4.21. The highest BCUT2D eigenvalue weighted by Gasteiger charge is 2.10. The molecule has 0 radical (unpaired) electrons. The van der Waals surface area contributed by atoms with Crippen molar-refractivity contribution in [1.29, 1.82) is 0 Å². The number of hydrazine groups is 1. The SMILES string of the molecule is Nc1cncc(NN2CCOCC2)n1. The Morgan fingerprint density at radius 2 is 2.14 bits per heavy atom. The molecule has 0 saturated carbocycles. The first kappa shape index (κ1) is 9.17. The molecule has 6 nitrogen and oxygen atoms in total. The van der Waals surface area contributed by atoms with Gasteiger partial charge >= 0.3 is 0 Å². The van der Waals surface area contributed by atoms with Gasteiger partial charge in [0.1, 0.15) is 5.82 Å². The monoisotopic (exact) mass is 195 g/mol. The number of nitrogens with zero attached hydrogens (tertiary/aromatic N) is 3. The van der Waals surface area contributed by atoms with Crippen LogP contribution in [0.5, 0.6) is 0 Å². The fourth-order valence-corrected chi connectivity index (χ4v) is 1.27. The van der Waals surface area contributed by atoms with Crippen LogP contribution in [0.1, 0.15) is 0 Å². The smallest absolute Gasteiger partial charge is 0.161 e. The number of aromatic nitrogens is 2. The van der Waals surface area contributed by atoms with Crippen molar-refractivity contribution in [2.24, 2.45) is 0 Å². The van der Waals surface area contributed by atoms with Crippen LogP contribution < -0.4 is 11.2 Å². The molecule has 0 bridgehead atoms. The molecule has 0 spiro atoms. The normalized spacial score (nSPS) is 18.0. The molecule has 0 aromatic carbocycles. The average Bonchev–Trinajstić information content (AvgIpc) is 2.19. The molecule has 14 heavy (non-hydrogen) atoms. The lowest BCUT2D eigenvalue weighted by Crippen LogP contribution is -2.40. The van der Waals surface area contributed by atoms with Gasteiger partial charge in [-0.2, -0.15) is 0 Å². The lowest BCUT2D eigenvalue weighted by Gasteiger charge is -2.27. The molecule has 0 atom stereocenters. The minimum absolute atomic E-state index is 0.420. The first-order valence-electron chi connectivity index (χ1n) is 4.51. The Kier molecular flexibility index (Phi) is 2.76. The summed E-state index contributed by atoms with van der Waals surface area (Å²) in [5.41, 5.74) is 8.63. The zero-order chi connectivity index (χ0) is 9.80. The van der Waals surface area contributed by atoms with Gasteiger partial charge in [-0.3, -0.25) is 4.98 Å². The maximum Gasteiger partial charge on any atom is 0.161 e. The summed E-state index contributed by atoms with van der Waals surface area (Å²) >= 11 is 0. The summed E-state index contributed by atoms with van der Waals surface area (Å²) in [6.07, 6.45) is 3.16. The third-order valence-electron chi connectivity index (χ3n) is 1.94. The summed E-state index contributed by atoms with van der Waals surface area (Å²) in [7, 11) is 0. The summed E-state index contributed by atoms with van der Waals surface area (Å²) in [6, 6.07) is 0. The van der Waals surface area contributed by atoms with Crippen LogP contribution in [0.2, 0.25) is 0 Å². The summed E-state index contributed by atoms with van der Waals surface area (Å²) in [6.45, 7) is 3.17. The van der Waals surface area contributed by atoms with Crippen molar-refractivity contribution in [3.8, 4) is 0 Å². The molecule has 0 amide bonds. The van der Waals surface area contributed by atoms with Gasteiger partial charge in [0.25, 0.3) is 0 Å². The second-order valence-electron chi connectivity index (χ2n) is 3.04. The van der Waals surface area contributed by atoms with Crippen LogP contribution in [0.15, 0.2) is 12.4 Å². The fraction of sp³-hybridized carbons (Fsp3) is 0.500. The van der Waals surface area contributed by atoms with E-state index in [0.29, 0.717) is 11.6 Å². The fourth-order valence-electron chi connectivity index (χ4n) is 1.27. The molecular formula is C8H13N5O. The molecule has 1 aromatic heterocycles. The molecule has 1 aromatic rings. The Hall–Kier alpha value is -1.40. The van der Waals surface area contributed by atoms with E-state index in [2.05, 4.69) is 15.4 Å². The quantitative estimate of drug-likeness (QED) is 0.675. The van der Waals surface area contributed by atoms with Crippen molar-refractivity contribution in [2.45, 2.75) is 0 Å². The van der Waals surface area contributed by atoms with Gasteiger partial charge < -0.3 is 15.9 Å². The molecule has 1 saturated heterocycles. The van der Waals surface area contributed by atoms with Crippen LogP contribution in [-0.4, -0.2) is 41.3 Å². The van der Waals surface area contributed by atoms with Crippen LogP contribution in [-0.2, 0) is 4.74 Å². The van der Waals surface area contributed by atoms with Gasteiger partial charge in [-0.1, -0.05) is 0 Å². The molecule has 1 aliphatic heterocycles. The molecule has 1 fully saturated rings. The van der Waals surface area contributed by atoms with E-state index in [0.717, 1.165) is 26.3 Å². The highest BCUT2D eigenvalue weighted by Crippen LogP contribution is 2.05. The van der Waals surface area contributed by atoms with E-state index >= 15 is 0 Å². The van der Waals surface area contributed by atoms with Crippen molar-refractivity contribution >= 4 is 11.6 Å². The zero-order valence-electron chi connectivity index (χ0n) is 7.81. The van der Waals surface area contributed by atoms with Gasteiger partial charge in [-0.25, -0.2) is 9.99 Å². The number of nitrogens with two attached hydrogens (primary N) is 1. The molecule has 2 rings (SSSR count). The van der Waals surface area contributed by atoms with Gasteiger partial charge in [0, 0.05) is 13.1 Å².